The van der Waals surface area contributed by atoms with E-state index in [0.717, 1.165) is 12.1 Å². The Kier molecular flexibility index (Phi) is 4.02. The van der Waals surface area contributed by atoms with E-state index in [1.807, 2.05) is 6.92 Å². The van der Waals surface area contributed by atoms with Crippen LogP contribution >= 0.6 is 0 Å². The van der Waals surface area contributed by atoms with E-state index in [1.165, 1.54) is 19.2 Å². The number of alkyl halides is 3. The Labute approximate surface area is 119 Å². The maximum atomic E-state index is 12.5. The summed E-state index contributed by atoms with van der Waals surface area (Å²) in [6, 6.07) is 4.56. The highest BCUT2D eigenvalue weighted by Crippen LogP contribution is 2.30. The van der Waals surface area contributed by atoms with Crippen molar-refractivity contribution in [3.05, 3.63) is 41.2 Å². The summed E-state index contributed by atoms with van der Waals surface area (Å²) in [6.07, 6.45) is -3.86. The van der Waals surface area contributed by atoms with Gasteiger partial charge >= 0.3 is 12.1 Å². The molecule has 1 aromatic heterocycles. The zero-order chi connectivity index (χ0) is 15.6. The molecule has 0 aliphatic rings. The molecule has 0 amide bonds. The van der Waals surface area contributed by atoms with Gasteiger partial charge in [0.2, 0.25) is 0 Å². The van der Waals surface area contributed by atoms with Crippen LogP contribution in [0.1, 0.15) is 28.7 Å². The highest BCUT2D eigenvalue weighted by atomic mass is 19.4. The maximum absolute atomic E-state index is 12.5. The van der Waals surface area contributed by atoms with Crippen molar-refractivity contribution in [1.29, 1.82) is 0 Å². The number of H-pyrrole nitrogens is 1. The van der Waals surface area contributed by atoms with Gasteiger partial charge in [-0.05, 0) is 18.6 Å². The Bertz CT molecular complexity index is 645. The smallest absolute Gasteiger partial charge is 0.416 e. The van der Waals surface area contributed by atoms with Crippen LogP contribution in [0.4, 0.5) is 13.2 Å². The van der Waals surface area contributed by atoms with Crippen LogP contribution in [0.15, 0.2) is 24.3 Å². The number of hydrogen-bond acceptors (Lipinski definition) is 3. The first-order valence-corrected chi connectivity index (χ1v) is 6.21. The van der Waals surface area contributed by atoms with Gasteiger partial charge < -0.3 is 9.72 Å². The number of aromatic amines is 1. The second-order valence-electron chi connectivity index (χ2n) is 4.33. The summed E-state index contributed by atoms with van der Waals surface area (Å²) in [6.45, 7) is 1.83. The van der Waals surface area contributed by atoms with E-state index >= 15 is 0 Å². The number of imidazole rings is 1. The topological polar surface area (TPSA) is 55.0 Å². The lowest BCUT2D eigenvalue weighted by atomic mass is 10.1. The number of aryl methyl sites for hydroxylation is 1. The van der Waals surface area contributed by atoms with Crippen LogP contribution in [-0.2, 0) is 17.3 Å². The zero-order valence-corrected chi connectivity index (χ0v) is 11.4. The molecule has 0 saturated carbocycles. The van der Waals surface area contributed by atoms with E-state index in [-0.39, 0.29) is 5.69 Å². The lowest BCUT2D eigenvalue weighted by Gasteiger charge is -2.06. The van der Waals surface area contributed by atoms with Gasteiger partial charge in [0.25, 0.3) is 0 Å². The molecule has 0 unspecified atom stereocenters. The summed E-state index contributed by atoms with van der Waals surface area (Å²) in [5, 5.41) is 0. The van der Waals surface area contributed by atoms with Crippen LogP contribution in [0.5, 0.6) is 0 Å². The summed E-state index contributed by atoms with van der Waals surface area (Å²) < 4.78 is 42.2. The standard InChI is InChI=1S/C14H13F3N2O2/c1-3-10-11(13(20)21-2)19-12(18-10)8-4-6-9(7-5-8)14(15,16)17/h4-7H,3H2,1-2H3,(H,18,19). The molecule has 1 heterocycles. The molecular formula is C14H13F3N2O2. The van der Waals surface area contributed by atoms with E-state index in [0.29, 0.717) is 23.5 Å². The fourth-order valence-corrected chi connectivity index (χ4v) is 1.88. The molecular weight excluding hydrogens is 285 g/mol. The number of esters is 1. The number of rotatable bonds is 3. The van der Waals surface area contributed by atoms with Crippen molar-refractivity contribution in [1.82, 2.24) is 9.97 Å². The van der Waals surface area contributed by atoms with Gasteiger partial charge in [0.05, 0.1) is 12.7 Å². The van der Waals surface area contributed by atoms with Crippen molar-refractivity contribution in [3.8, 4) is 11.4 Å². The number of carbonyl (C=O) groups excluding carboxylic acids is 1. The molecule has 0 aliphatic carbocycles. The van der Waals surface area contributed by atoms with Crippen molar-refractivity contribution in [2.24, 2.45) is 0 Å². The molecule has 21 heavy (non-hydrogen) atoms. The van der Waals surface area contributed by atoms with Crippen LogP contribution < -0.4 is 0 Å². The average molecular weight is 298 g/mol. The molecule has 1 N–H and O–H groups in total. The molecule has 112 valence electrons. The van der Waals surface area contributed by atoms with Gasteiger partial charge in [0, 0.05) is 11.3 Å². The minimum Gasteiger partial charge on any atom is -0.464 e. The molecule has 4 nitrogen and oxygen atoms in total. The highest BCUT2D eigenvalue weighted by molar-refractivity contribution is 5.89. The number of benzene rings is 1. The number of halogens is 3. The van der Waals surface area contributed by atoms with E-state index in [2.05, 4.69) is 14.7 Å². The molecule has 0 radical (unpaired) electrons. The molecule has 7 heteroatoms. The third kappa shape index (κ3) is 3.07. The monoisotopic (exact) mass is 298 g/mol. The SMILES string of the molecule is CCc1[nH]c(-c2ccc(C(F)(F)F)cc2)nc1C(=O)OC. The van der Waals surface area contributed by atoms with Crippen molar-refractivity contribution in [2.75, 3.05) is 7.11 Å². The summed E-state index contributed by atoms with van der Waals surface area (Å²) in [5.41, 5.74) is 0.459. The molecule has 0 aliphatic heterocycles. The number of hydrogen-bond donors (Lipinski definition) is 1. The first-order chi connectivity index (χ1) is 9.86. The fourth-order valence-electron chi connectivity index (χ4n) is 1.88. The molecule has 2 rings (SSSR count). The minimum atomic E-state index is -4.38. The van der Waals surface area contributed by atoms with Gasteiger partial charge in [0.1, 0.15) is 5.82 Å². The zero-order valence-electron chi connectivity index (χ0n) is 11.4. The van der Waals surface area contributed by atoms with E-state index in [9.17, 15) is 18.0 Å². The third-order valence-corrected chi connectivity index (χ3v) is 3.00. The summed E-state index contributed by atoms with van der Waals surface area (Å²) in [4.78, 5) is 18.6. The lowest BCUT2D eigenvalue weighted by Crippen LogP contribution is -2.05. The average Bonchev–Trinajstić information content (AvgIpc) is 2.90. The largest absolute Gasteiger partial charge is 0.464 e. The first kappa shape index (κ1) is 15.1. The lowest BCUT2D eigenvalue weighted by molar-refractivity contribution is -0.137. The van der Waals surface area contributed by atoms with Gasteiger partial charge in [-0.25, -0.2) is 9.78 Å². The van der Waals surface area contributed by atoms with Crippen molar-refractivity contribution < 1.29 is 22.7 Å². The van der Waals surface area contributed by atoms with Crippen LogP contribution in [0.3, 0.4) is 0 Å². The molecule has 0 saturated heterocycles. The summed E-state index contributed by atoms with van der Waals surface area (Å²) >= 11 is 0. The third-order valence-electron chi connectivity index (χ3n) is 3.00. The Balaban J connectivity index is 2.38. The molecule has 0 spiro atoms. The molecule has 0 bridgehead atoms. The van der Waals surface area contributed by atoms with Crippen molar-refractivity contribution in [2.45, 2.75) is 19.5 Å². The highest BCUT2D eigenvalue weighted by Gasteiger charge is 2.30. The van der Waals surface area contributed by atoms with Crippen molar-refractivity contribution in [3.63, 3.8) is 0 Å². The summed E-state index contributed by atoms with van der Waals surface area (Å²) in [7, 11) is 1.24. The second-order valence-corrected chi connectivity index (χ2v) is 4.33. The Hall–Kier alpha value is -2.31. The van der Waals surface area contributed by atoms with Crippen LogP contribution in [0, 0.1) is 0 Å². The summed E-state index contributed by atoms with van der Waals surface area (Å²) in [5.74, 6) is -0.248. The van der Waals surface area contributed by atoms with E-state index in [1.54, 1.807) is 0 Å². The second kappa shape index (κ2) is 5.59. The molecule has 2 aromatic rings. The van der Waals surface area contributed by atoms with Gasteiger partial charge in [-0.15, -0.1) is 0 Å². The number of nitrogens with zero attached hydrogens (tertiary/aromatic N) is 1. The van der Waals surface area contributed by atoms with Gasteiger partial charge in [-0.3, -0.25) is 0 Å². The quantitative estimate of drug-likeness (QED) is 0.883. The van der Waals surface area contributed by atoms with Crippen LogP contribution in [0.2, 0.25) is 0 Å². The number of aromatic nitrogens is 2. The Morgan fingerprint density at radius 1 is 1.29 bits per heavy atom. The maximum Gasteiger partial charge on any atom is 0.416 e. The van der Waals surface area contributed by atoms with E-state index < -0.39 is 17.7 Å². The Morgan fingerprint density at radius 2 is 1.90 bits per heavy atom. The minimum absolute atomic E-state index is 0.148. The predicted molar refractivity (Wildman–Crippen MR) is 69.7 cm³/mol. The number of ether oxygens (including phenoxy) is 1. The number of nitrogens with one attached hydrogen (secondary N) is 1. The molecule has 0 fully saturated rings. The molecule has 1 aromatic carbocycles. The van der Waals surface area contributed by atoms with Gasteiger partial charge in [0.15, 0.2) is 5.69 Å². The van der Waals surface area contributed by atoms with E-state index in [4.69, 9.17) is 0 Å². The Morgan fingerprint density at radius 3 is 2.38 bits per heavy atom. The number of carbonyl (C=O) groups is 1. The number of methoxy groups -OCH3 is 1. The fraction of sp³-hybridized carbons (Fsp3) is 0.286. The van der Waals surface area contributed by atoms with Gasteiger partial charge in [-0.1, -0.05) is 19.1 Å². The van der Waals surface area contributed by atoms with Crippen molar-refractivity contribution >= 4 is 5.97 Å². The molecule has 0 atom stereocenters. The first-order valence-electron chi connectivity index (χ1n) is 6.21. The normalized spacial score (nSPS) is 11.5. The van der Waals surface area contributed by atoms with Crippen LogP contribution in [-0.4, -0.2) is 23.0 Å². The van der Waals surface area contributed by atoms with Gasteiger partial charge in [-0.2, -0.15) is 13.2 Å². The predicted octanol–water partition coefficient (Wildman–Crippen LogP) is 3.44. The van der Waals surface area contributed by atoms with Crippen LogP contribution in [0.25, 0.3) is 11.4 Å².